The maximum atomic E-state index is 9.42. The van der Waals surface area contributed by atoms with Crippen molar-refractivity contribution in [2.75, 3.05) is 0 Å². The van der Waals surface area contributed by atoms with Gasteiger partial charge in [-0.1, -0.05) is 30.4 Å². The van der Waals surface area contributed by atoms with Crippen LogP contribution in [-0.2, 0) is 0 Å². The van der Waals surface area contributed by atoms with E-state index in [1.807, 2.05) is 12.1 Å². The Balaban J connectivity index is 1.42. The minimum absolute atomic E-state index is 0.373. The second-order valence-electron chi connectivity index (χ2n) is 7.89. The van der Waals surface area contributed by atoms with E-state index in [0.29, 0.717) is 11.7 Å². The van der Waals surface area contributed by atoms with Crippen molar-refractivity contribution in [2.24, 2.45) is 17.8 Å². The third-order valence-electron chi connectivity index (χ3n) is 6.18. The van der Waals surface area contributed by atoms with Crippen LogP contribution >= 0.6 is 0 Å². The largest absolute Gasteiger partial charge is 0.508 e. The summed E-state index contributed by atoms with van der Waals surface area (Å²) in [6, 6.07) is 7.84. The molecule has 2 saturated carbocycles. The van der Waals surface area contributed by atoms with Crippen molar-refractivity contribution in [1.82, 2.24) is 0 Å². The van der Waals surface area contributed by atoms with Gasteiger partial charge in [0.25, 0.3) is 0 Å². The Morgan fingerprint density at radius 3 is 1.92 bits per heavy atom. The van der Waals surface area contributed by atoms with Crippen LogP contribution in [0.15, 0.2) is 49.1 Å². The van der Waals surface area contributed by atoms with Gasteiger partial charge in [-0.05, 0) is 99.2 Å². The van der Waals surface area contributed by atoms with Gasteiger partial charge in [0.2, 0.25) is 0 Å². The highest BCUT2D eigenvalue weighted by molar-refractivity contribution is 5.28. The van der Waals surface area contributed by atoms with Gasteiger partial charge >= 0.3 is 0 Å². The molecule has 1 N–H and O–H groups in total. The lowest BCUT2D eigenvalue weighted by Gasteiger charge is -2.29. The Labute approximate surface area is 147 Å². The van der Waals surface area contributed by atoms with Crippen molar-refractivity contribution in [3.8, 4) is 5.75 Å². The Morgan fingerprint density at radius 1 is 0.833 bits per heavy atom. The molecule has 1 aromatic rings. The zero-order valence-corrected chi connectivity index (χ0v) is 14.9. The highest BCUT2D eigenvalue weighted by Gasteiger charge is 2.22. The van der Waals surface area contributed by atoms with Crippen LogP contribution in [0.25, 0.3) is 0 Å². The van der Waals surface area contributed by atoms with Gasteiger partial charge in [0, 0.05) is 0 Å². The first-order valence-corrected chi connectivity index (χ1v) is 9.82. The fourth-order valence-corrected chi connectivity index (χ4v) is 4.56. The lowest BCUT2D eigenvalue weighted by atomic mass is 9.77. The number of allylic oxidation sites excluding steroid dienone is 3. The fraction of sp³-hybridized carbons (Fsp3) is 0.565. The number of benzene rings is 1. The molecule has 0 atom stereocenters. The summed E-state index contributed by atoms with van der Waals surface area (Å²) in [5, 5.41) is 9.42. The van der Waals surface area contributed by atoms with Gasteiger partial charge in [-0.25, -0.2) is 0 Å². The average Bonchev–Trinajstić information content (AvgIpc) is 2.63. The summed E-state index contributed by atoms with van der Waals surface area (Å²) in [6.07, 6.45) is 19.1. The Hall–Kier alpha value is -1.50. The molecule has 0 aliphatic heterocycles. The van der Waals surface area contributed by atoms with E-state index in [2.05, 4.69) is 36.9 Å². The van der Waals surface area contributed by atoms with Crippen molar-refractivity contribution in [3.05, 3.63) is 54.6 Å². The minimum atomic E-state index is 0.373. The number of hydrogen-bond donors (Lipinski definition) is 1. The van der Waals surface area contributed by atoms with Crippen molar-refractivity contribution in [3.63, 3.8) is 0 Å². The van der Waals surface area contributed by atoms with Gasteiger partial charge in [-0.3, -0.25) is 0 Å². The lowest BCUT2D eigenvalue weighted by molar-refractivity contribution is 0.310. The van der Waals surface area contributed by atoms with Crippen LogP contribution < -0.4 is 0 Å². The summed E-state index contributed by atoms with van der Waals surface area (Å²) in [6.45, 7) is 3.88. The van der Waals surface area contributed by atoms with Crippen molar-refractivity contribution < 1.29 is 5.11 Å². The first-order chi connectivity index (χ1) is 11.7. The van der Waals surface area contributed by atoms with E-state index in [-0.39, 0.29) is 0 Å². The van der Waals surface area contributed by atoms with Gasteiger partial charge < -0.3 is 5.11 Å². The van der Waals surface area contributed by atoms with Gasteiger partial charge in [-0.15, -0.1) is 6.58 Å². The maximum absolute atomic E-state index is 9.42. The molecule has 0 radical (unpaired) electrons. The molecule has 130 valence electrons. The van der Waals surface area contributed by atoms with Crippen molar-refractivity contribution in [2.45, 2.75) is 63.7 Å². The van der Waals surface area contributed by atoms with Crippen LogP contribution in [0.5, 0.6) is 5.75 Å². The highest BCUT2D eigenvalue weighted by atomic mass is 16.3. The number of phenols is 1. The number of hydrogen-bond acceptors (Lipinski definition) is 1. The van der Waals surface area contributed by atoms with E-state index in [4.69, 9.17) is 0 Å². The Bertz CT molecular complexity index is 526. The number of aromatic hydroxyl groups is 1. The van der Waals surface area contributed by atoms with Crippen LogP contribution in [0.3, 0.4) is 0 Å². The van der Waals surface area contributed by atoms with Gasteiger partial charge in [0.15, 0.2) is 0 Å². The summed E-state index contributed by atoms with van der Waals surface area (Å²) in [7, 11) is 0. The fourth-order valence-electron chi connectivity index (χ4n) is 4.56. The molecule has 2 fully saturated rings. The third kappa shape index (κ3) is 4.75. The van der Waals surface area contributed by atoms with Crippen LogP contribution in [0, 0.1) is 17.8 Å². The second kappa shape index (κ2) is 8.55. The van der Waals surface area contributed by atoms with Gasteiger partial charge in [-0.2, -0.15) is 0 Å². The molecule has 0 spiro atoms. The molecular formula is C23H32O. The molecule has 1 nitrogen and oxygen atoms in total. The monoisotopic (exact) mass is 324 g/mol. The second-order valence-corrected chi connectivity index (χ2v) is 7.89. The number of phenolic OH excluding ortho intramolecular Hbond substituents is 1. The normalized spacial score (nSPS) is 31.2. The molecule has 1 heteroatoms. The van der Waals surface area contributed by atoms with Crippen LogP contribution in [0.4, 0.5) is 0 Å². The average molecular weight is 325 g/mol. The Kier molecular flexibility index (Phi) is 6.18. The Morgan fingerprint density at radius 2 is 1.38 bits per heavy atom. The van der Waals surface area contributed by atoms with E-state index >= 15 is 0 Å². The first kappa shape index (κ1) is 17.3. The molecule has 0 bridgehead atoms. The highest BCUT2D eigenvalue weighted by Crippen LogP contribution is 2.38. The summed E-state index contributed by atoms with van der Waals surface area (Å²) < 4.78 is 0. The quantitative estimate of drug-likeness (QED) is 0.605. The smallest absolute Gasteiger partial charge is 0.115 e. The van der Waals surface area contributed by atoms with Crippen LogP contribution in [0.2, 0.25) is 0 Å². The lowest BCUT2D eigenvalue weighted by Crippen LogP contribution is -2.14. The molecule has 0 heterocycles. The van der Waals surface area contributed by atoms with Crippen molar-refractivity contribution in [1.29, 1.82) is 0 Å². The SMILES string of the molecule is C=CCC1CCC(/C=C/C2CCC(c3ccc(O)cc3)CC2)CC1. The third-order valence-corrected chi connectivity index (χ3v) is 6.18. The topological polar surface area (TPSA) is 20.2 Å². The molecule has 1 aromatic carbocycles. The van der Waals surface area contributed by atoms with E-state index in [9.17, 15) is 5.11 Å². The summed E-state index contributed by atoms with van der Waals surface area (Å²) in [5.41, 5.74) is 1.40. The van der Waals surface area contributed by atoms with Crippen LogP contribution in [0.1, 0.15) is 69.3 Å². The minimum Gasteiger partial charge on any atom is -0.508 e. The van der Waals surface area contributed by atoms with E-state index in [0.717, 1.165) is 17.8 Å². The van der Waals surface area contributed by atoms with Crippen LogP contribution in [-0.4, -0.2) is 5.11 Å². The predicted molar refractivity (Wildman–Crippen MR) is 102 cm³/mol. The van der Waals surface area contributed by atoms with E-state index in [1.165, 1.54) is 63.4 Å². The molecule has 2 aliphatic carbocycles. The first-order valence-electron chi connectivity index (χ1n) is 9.82. The molecular weight excluding hydrogens is 292 g/mol. The van der Waals surface area contributed by atoms with Gasteiger partial charge in [0.1, 0.15) is 5.75 Å². The zero-order chi connectivity index (χ0) is 16.8. The molecule has 0 aromatic heterocycles. The molecule has 24 heavy (non-hydrogen) atoms. The summed E-state index contributed by atoms with van der Waals surface area (Å²) >= 11 is 0. The molecule has 3 rings (SSSR count). The molecule has 0 unspecified atom stereocenters. The summed E-state index contributed by atoms with van der Waals surface area (Å²) in [5.74, 6) is 3.56. The zero-order valence-electron chi connectivity index (χ0n) is 14.9. The van der Waals surface area contributed by atoms with E-state index < -0.39 is 0 Å². The number of rotatable bonds is 5. The van der Waals surface area contributed by atoms with E-state index in [1.54, 1.807) is 0 Å². The van der Waals surface area contributed by atoms with Crippen molar-refractivity contribution >= 4 is 0 Å². The molecule has 0 amide bonds. The maximum Gasteiger partial charge on any atom is 0.115 e. The summed E-state index contributed by atoms with van der Waals surface area (Å²) in [4.78, 5) is 0. The standard InChI is InChI=1S/C23H32O/c1-2-3-18-4-6-19(7-5-18)8-9-20-10-12-21(13-11-20)22-14-16-23(24)17-15-22/h2,8-9,14-21,24H,1,3-7,10-13H2/b9-8+. The molecule has 2 aliphatic rings. The molecule has 0 saturated heterocycles. The predicted octanol–water partition coefficient (Wildman–Crippen LogP) is 6.60. The van der Waals surface area contributed by atoms with Gasteiger partial charge in [0.05, 0.1) is 0 Å².